The van der Waals surface area contributed by atoms with Crippen LogP contribution >= 0.6 is 11.6 Å². The van der Waals surface area contributed by atoms with E-state index in [-0.39, 0.29) is 31.5 Å². The van der Waals surface area contributed by atoms with Gasteiger partial charge in [-0.05, 0) is 38.1 Å². The van der Waals surface area contributed by atoms with E-state index in [4.69, 9.17) is 30.5 Å². The Balaban J connectivity index is 1.26. The lowest BCUT2D eigenvalue weighted by molar-refractivity contribution is -0.198. The molecule has 4 aromatic rings. The van der Waals surface area contributed by atoms with E-state index in [0.717, 1.165) is 16.3 Å². The van der Waals surface area contributed by atoms with Gasteiger partial charge in [-0.25, -0.2) is 9.97 Å². The molecule has 2 saturated heterocycles. The van der Waals surface area contributed by atoms with E-state index in [0.29, 0.717) is 22.2 Å². The van der Waals surface area contributed by atoms with E-state index >= 15 is 0 Å². The first-order chi connectivity index (χ1) is 16.4. The van der Waals surface area contributed by atoms with Crippen molar-refractivity contribution in [3.8, 4) is 5.75 Å². The number of aliphatic hydroxyl groups is 1. The standard InChI is InChI=1S/C24H23ClN4O5/c1-24(2)33-19-18(11-31-15-6-4-13-3-5-14(10-30)28-17(13)9-15)32-23(20(19)34-24)29-8-7-16-21(25)26-12-27-22(16)29/h3-9,12,18-20,23,30H,10-11H2,1-2H3/t18-,19-,20-,23-/m1/s1. The molecule has 0 radical (unpaired) electrons. The lowest BCUT2D eigenvalue weighted by atomic mass is 10.1. The van der Waals surface area contributed by atoms with Crippen LogP contribution in [-0.4, -0.2) is 55.3 Å². The first-order valence-corrected chi connectivity index (χ1v) is 11.4. The second kappa shape index (κ2) is 8.14. The first-order valence-electron chi connectivity index (χ1n) is 11.0. The first kappa shape index (κ1) is 21.7. The van der Waals surface area contributed by atoms with Gasteiger partial charge >= 0.3 is 0 Å². The fraction of sp³-hybridized carbons (Fsp3) is 0.375. The molecule has 6 rings (SSSR count). The topological polar surface area (TPSA) is 101 Å². The number of halogens is 1. The Kier molecular flexibility index (Phi) is 5.20. The summed E-state index contributed by atoms with van der Waals surface area (Å²) in [5, 5.41) is 11.5. The maximum absolute atomic E-state index is 9.37. The fourth-order valence-corrected chi connectivity index (χ4v) is 4.85. The van der Waals surface area contributed by atoms with Crippen molar-refractivity contribution in [1.82, 2.24) is 19.5 Å². The van der Waals surface area contributed by atoms with Crippen LogP contribution in [0.15, 0.2) is 48.9 Å². The van der Waals surface area contributed by atoms with Crippen LogP contribution < -0.4 is 4.74 Å². The molecule has 3 aromatic heterocycles. The smallest absolute Gasteiger partial charge is 0.164 e. The summed E-state index contributed by atoms with van der Waals surface area (Å²) in [6.45, 7) is 3.93. The molecule has 0 aliphatic carbocycles. The second-order valence-corrected chi connectivity index (χ2v) is 9.24. The number of benzene rings is 1. The monoisotopic (exact) mass is 482 g/mol. The van der Waals surface area contributed by atoms with Crippen LogP contribution in [0.1, 0.15) is 25.8 Å². The van der Waals surface area contributed by atoms with Gasteiger partial charge in [0, 0.05) is 17.6 Å². The van der Waals surface area contributed by atoms with Crippen LogP contribution in [0.25, 0.3) is 21.9 Å². The molecule has 0 bridgehead atoms. The van der Waals surface area contributed by atoms with Crippen molar-refractivity contribution in [2.45, 2.75) is 50.8 Å². The van der Waals surface area contributed by atoms with Crippen molar-refractivity contribution < 1.29 is 24.1 Å². The third-order valence-corrected chi connectivity index (χ3v) is 6.46. The third-order valence-electron chi connectivity index (χ3n) is 6.16. The summed E-state index contributed by atoms with van der Waals surface area (Å²) in [4.78, 5) is 12.9. The van der Waals surface area contributed by atoms with Gasteiger partial charge < -0.3 is 28.6 Å². The van der Waals surface area contributed by atoms with Gasteiger partial charge in [-0.1, -0.05) is 17.7 Å². The average Bonchev–Trinajstić information content (AvgIpc) is 3.48. The Bertz CT molecular complexity index is 1380. The Hall–Kier alpha value is -2.82. The van der Waals surface area contributed by atoms with E-state index in [2.05, 4.69) is 15.0 Å². The summed E-state index contributed by atoms with van der Waals surface area (Å²) < 4.78 is 26.8. The zero-order valence-electron chi connectivity index (χ0n) is 18.6. The molecule has 0 spiro atoms. The lowest BCUT2D eigenvalue weighted by Gasteiger charge is -2.25. The predicted molar refractivity (Wildman–Crippen MR) is 123 cm³/mol. The predicted octanol–water partition coefficient (Wildman–Crippen LogP) is 3.62. The lowest BCUT2D eigenvalue weighted by Crippen LogP contribution is -2.33. The van der Waals surface area contributed by atoms with Crippen LogP contribution in [0.3, 0.4) is 0 Å². The van der Waals surface area contributed by atoms with Gasteiger partial charge in [0.15, 0.2) is 12.0 Å². The zero-order chi connectivity index (χ0) is 23.4. The molecule has 2 fully saturated rings. The van der Waals surface area contributed by atoms with Crippen molar-refractivity contribution >= 4 is 33.5 Å². The minimum absolute atomic E-state index is 0.112. The van der Waals surface area contributed by atoms with Gasteiger partial charge in [0.1, 0.15) is 47.8 Å². The maximum atomic E-state index is 9.37. The van der Waals surface area contributed by atoms with Crippen molar-refractivity contribution in [3.63, 3.8) is 0 Å². The molecule has 4 atom stereocenters. The summed E-state index contributed by atoms with van der Waals surface area (Å²) in [5.41, 5.74) is 2.03. The van der Waals surface area contributed by atoms with Crippen LogP contribution in [-0.2, 0) is 20.8 Å². The van der Waals surface area contributed by atoms with Crippen molar-refractivity contribution in [2.75, 3.05) is 6.61 Å². The Morgan fingerprint density at radius 1 is 1.12 bits per heavy atom. The number of hydrogen-bond acceptors (Lipinski definition) is 8. The minimum atomic E-state index is -0.751. The molecule has 9 nitrogen and oxygen atoms in total. The molecule has 5 heterocycles. The molecule has 0 amide bonds. The number of hydrogen-bond donors (Lipinski definition) is 1. The summed E-state index contributed by atoms with van der Waals surface area (Å²) in [7, 11) is 0. The number of aromatic nitrogens is 4. The van der Waals surface area contributed by atoms with Gasteiger partial charge in [-0.2, -0.15) is 0 Å². The molecule has 34 heavy (non-hydrogen) atoms. The van der Waals surface area contributed by atoms with Crippen LogP contribution in [0.4, 0.5) is 0 Å². The minimum Gasteiger partial charge on any atom is -0.491 e. The summed E-state index contributed by atoms with van der Waals surface area (Å²) in [5.74, 6) is -0.0959. The molecule has 0 saturated carbocycles. The van der Waals surface area contributed by atoms with Gasteiger partial charge in [0.25, 0.3) is 0 Å². The fourth-order valence-electron chi connectivity index (χ4n) is 4.66. The van der Waals surface area contributed by atoms with Crippen LogP contribution in [0.5, 0.6) is 5.75 Å². The number of fused-ring (bicyclic) bond motifs is 3. The zero-order valence-corrected chi connectivity index (χ0v) is 19.3. The largest absolute Gasteiger partial charge is 0.491 e. The van der Waals surface area contributed by atoms with E-state index in [1.165, 1.54) is 6.33 Å². The van der Waals surface area contributed by atoms with Crippen molar-refractivity contribution in [2.24, 2.45) is 0 Å². The molecular weight excluding hydrogens is 460 g/mol. The number of nitrogens with zero attached hydrogens (tertiary/aromatic N) is 4. The molecule has 176 valence electrons. The molecule has 1 N–H and O–H groups in total. The molecule has 10 heteroatoms. The number of aliphatic hydroxyl groups excluding tert-OH is 1. The molecule has 1 aromatic carbocycles. The Morgan fingerprint density at radius 3 is 2.79 bits per heavy atom. The quantitative estimate of drug-likeness (QED) is 0.430. The maximum Gasteiger partial charge on any atom is 0.164 e. The van der Waals surface area contributed by atoms with Crippen molar-refractivity contribution in [1.29, 1.82) is 0 Å². The molecule has 0 unspecified atom stereocenters. The summed E-state index contributed by atoms with van der Waals surface area (Å²) in [6.07, 6.45) is 1.79. The molecular formula is C24H23ClN4O5. The van der Waals surface area contributed by atoms with E-state index in [1.54, 1.807) is 6.07 Å². The van der Waals surface area contributed by atoms with Gasteiger partial charge in [-0.3, -0.25) is 4.98 Å². The average molecular weight is 483 g/mol. The highest BCUT2D eigenvalue weighted by molar-refractivity contribution is 6.33. The highest BCUT2D eigenvalue weighted by Gasteiger charge is 2.56. The molecule has 2 aliphatic heterocycles. The van der Waals surface area contributed by atoms with E-state index in [1.807, 2.05) is 54.9 Å². The highest BCUT2D eigenvalue weighted by Crippen LogP contribution is 2.44. The SMILES string of the molecule is CC1(C)O[C@@H]2[C@H](O1)[C@@H](COc1ccc3ccc(CO)nc3c1)O[C@H]2n1ccc2c(Cl)ncnc21. The Morgan fingerprint density at radius 2 is 1.94 bits per heavy atom. The van der Waals surface area contributed by atoms with E-state index in [9.17, 15) is 5.11 Å². The second-order valence-electron chi connectivity index (χ2n) is 8.88. The van der Waals surface area contributed by atoms with Gasteiger partial charge in [0.2, 0.25) is 0 Å². The summed E-state index contributed by atoms with van der Waals surface area (Å²) >= 11 is 6.24. The van der Waals surface area contributed by atoms with Crippen molar-refractivity contribution in [3.05, 3.63) is 59.8 Å². The molecule has 2 aliphatic rings. The number of rotatable bonds is 5. The normalized spacial score (nSPS) is 25.8. The summed E-state index contributed by atoms with van der Waals surface area (Å²) in [6, 6.07) is 11.3. The van der Waals surface area contributed by atoms with Gasteiger partial charge in [-0.15, -0.1) is 0 Å². The van der Waals surface area contributed by atoms with Crippen LogP contribution in [0, 0.1) is 0 Å². The van der Waals surface area contributed by atoms with Crippen LogP contribution in [0.2, 0.25) is 5.15 Å². The van der Waals surface area contributed by atoms with E-state index < -0.39 is 12.0 Å². The number of ether oxygens (including phenoxy) is 4. The number of pyridine rings is 1. The highest BCUT2D eigenvalue weighted by atomic mass is 35.5. The van der Waals surface area contributed by atoms with Gasteiger partial charge in [0.05, 0.1) is 23.2 Å². The Labute approximate surface area is 200 Å². The third kappa shape index (κ3) is 3.70.